The third kappa shape index (κ3) is 5.38. The zero-order valence-corrected chi connectivity index (χ0v) is 14.2. The van der Waals surface area contributed by atoms with Crippen LogP contribution in [0.3, 0.4) is 0 Å². The number of nitrogens with one attached hydrogen (secondary N) is 3. The maximum Gasteiger partial charge on any atom is 0.319 e. The predicted octanol–water partition coefficient (Wildman–Crippen LogP) is 0.215. The van der Waals surface area contributed by atoms with Gasteiger partial charge in [-0.2, -0.15) is 0 Å². The molecule has 1 unspecified atom stereocenters. The first-order valence-corrected chi connectivity index (χ1v) is 7.90. The third-order valence-corrected chi connectivity index (χ3v) is 3.70. The van der Waals surface area contributed by atoms with E-state index in [1.54, 1.807) is 37.4 Å². The highest BCUT2D eigenvalue weighted by atomic mass is 19.1. The molecule has 136 valence electrons. The highest BCUT2D eigenvalue weighted by molar-refractivity contribution is 5.96. The Labute approximate surface area is 150 Å². The number of halogens is 1. The van der Waals surface area contributed by atoms with Crippen LogP contribution < -0.4 is 21.3 Å². The van der Waals surface area contributed by atoms with Crippen LogP contribution in [0.4, 0.5) is 14.9 Å². The van der Waals surface area contributed by atoms with Crippen LogP contribution in [0, 0.1) is 5.82 Å². The SMILES string of the molecule is C[NH+](CC(=O)Nc1ccc(F)cc1)[C@@H](C(=O)NC(N)=O)c1ccccc1. The smallest absolute Gasteiger partial charge is 0.319 e. The fourth-order valence-corrected chi connectivity index (χ4v) is 2.59. The Morgan fingerprint density at radius 2 is 1.69 bits per heavy atom. The molecule has 2 atom stereocenters. The highest BCUT2D eigenvalue weighted by Crippen LogP contribution is 2.10. The lowest BCUT2D eigenvalue weighted by molar-refractivity contribution is -0.894. The Kier molecular flexibility index (Phi) is 6.40. The number of rotatable bonds is 6. The van der Waals surface area contributed by atoms with Gasteiger partial charge < -0.3 is 16.0 Å². The molecule has 0 aliphatic carbocycles. The molecule has 0 heterocycles. The van der Waals surface area contributed by atoms with Crippen LogP contribution in [-0.2, 0) is 9.59 Å². The van der Waals surface area contributed by atoms with E-state index in [1.807, 2.05) is 0 Å². The Balaban J connectivity index is 2.11. The molecule has 0 aromatic heterocycles. The van der Waals surface area contributed by atoms with E-state index in [9.17, 15) is 18.8 Å². The van der Waals surface area contributed by atoms with Crippen molar-refractivity contribution in [3.63, 3.8) is 0 Å². The zero-order valence-electron chi connectivity index (χ0n) is 14.2. The van der Waals surface area contributed by atoms with Crippen LogP contribution >= 0.6 is 0 Å². The normalized spacial score (nSPS) is 12.7. The van der Waals surface area contributed by atoms with Crippen molar-refractivity contribution in [3.8, 4) is 0 Å². The highest BCUT2D eigenvalue weighted by Gasteiger charge is 2.31. The first-order valence-electron chi connectivity index (χ1n) is 7.90. The van der Waals surface area contributed by atoms with Crippen molar-refractivity contribution in [1.82, 2.24) is 5.32 Å². The fraction of sp³-hybridized carbons (Fsp3) is 0.167. The summed E-state index contributed by atoms with van der Waals surface area (Å²) in [4.78, 5) is 36.2. The molecule has 0 aliphatic rings. The number of urea groups is 1. The minimum absolute atomic E-state index is 0.0525. The van der Waals surface area contributed by atoms with Crippen molar-refractivity contribution in [2.75, 3.05) is 18.9 Å². The summed E-state index contributed by atoms with van der Waals surface area (Å²) in [6.45, 7) is -0.0525. The number of amides is 4. The second-order valence-corrected chi connectivity index (χ2v) is 5.78. The van der Waals surface area contributed by atoms with Gasteiger partial charge in [-0.25, -0.2) is 9.18 Å². The van der Waals surface area contributed by atoms with E-state index in [1.165, 1.54) is 24.3 Å². The standard InChI is InChI=1S/C18H19FN4O3/c1-23(11-15(24)21-14-9-7-13(19)8-10-14)16(17(25)22-18(20)26)12-5-3-2-4-6-12/h2-10,16H,11H2,1H3,(H,21,24)(H3,20,22,25,26)/p+1/t16-/m1/s1. The molecular formula is C18H20FN4O3+. The van der Waals surface area contributed by atoms with Crippen LogP contribution in [0.1, 0.15) is 11.6 Å². The van der Waals surface area contributed by atoms with Crippen LogP contribution in [-0.4, -0.2) is 31.4 Å². The molecule has 0 bridgehead atoms. The lowest BCUT2D eigenvalue weighted by Gasteiger charge is -2.23. The van der Waals surface area contributed by atoms with Gasteiger partial charge in [0.15, 0.2) is 12.6 Å². The number of carbonyl (C=O) groups excluding carboxylic acids is 3. The van der Waals surface area contributed by atoms with Gasteiger partial charge in [-0.1, -0.05) is 30.3 Å². The van der Waals surface area contributed by atoms with Crippen LogP contribution in [0.2, 0.25) is 0 Å². The summed E-state index contributed by atoms with van der Waals surface area (Å²) in [5.41, 5.74) is 6.12. The number of carbonyl (C=O) groups is 3. The van der Waals surface area contributed by atoms with Crippen LogP contribution in [0.15, 0.2) is 54.6 Å². The van der Waals surface area contributed by atoms with Crippen LogP contribution in [0.5, 0.6) is 0 Å². The molecule has 5 N–H and O–H groups in total. The van der Waals surface area contributed by atoms with Gasteiger partial charge in [0.05, 0.1) is 7.05 Å². The summed E-state index contributed by atoms with van der Waals surface area (Å²) in [5.74, 6) is -1.37. The Morgan fingerprint density at radius 3 is 2.27 bits per heavy atom. The number of likely N-dealkylation sites (N-methyl/N-ethyl adjacent to an activating group) is 1. The van der Waals surface area contributed by atoms with Gasteiger partial charge in [0.25, 0.3) is 11.8 Å². The lowest BCUT2D eigenvalue weighted by atomic mass is 10.0. The van der Waals surface area contributed by atoms with E-state index in [4.69, 9.17) is 5.73 Å². The third-order valence-electron chi connectivity index (χ3n) is 3.70. The molecule has 0 radical (unpaired) electrons. The summed E-state index contributed by atoms with van der Waals surface area (Å²) < 4.78 is 12.9. The number of hydrogen-bond donors (Lipinski definition) is 4. The van der Waals surface area contributed by atoms with Crippen molar-refractivity contribution < 1.29 is 23.7 Å². The molecule has 0 aliphatic heterocycles. The van der Waals surface area contributed by atoms with Crippen molar-refractivity contribution in [1.29, 1.82) is 0 Å². The summed E-state index contributed by atoms with van der Waals surface area (Å²) in [6, 6.07) is 12.4. The molecule has 4 amide bonds. The van der Waals surface area contributed by atoms with Gasteiger partial charge in [0.2, 0.25) is 0 Å². The van der Waals surface area contributed by atoms with E-state index >= 15 is 0 Å². The number of imide groups is 1. The maximum atomic E-state index is 12.9. The number of anilines is 1. The molecule has 8 heteroatoms. The average molecular weight is 359 g/mol. The Bertz CT molecular complexity index is 781. The largest absolute Gasteiger partial charge is 0.351 e. The second kappa shape index (κ2) is 8.72. The van der Waals surface area contributed by atoms with Gasteiger partial charge in [-0.05, 0) is 24.3 Å². The number of primary amides is 1. The Morgan fingerprint density at radius 1 is 1.08 bits per heavy atom. The summed E-state index contributed by atoms with van der Waals surface area (Å²) in [5, 5.41) is 4.69. The number of benzene rings is 2. The quantitative estimate of drug-likeness (QED) is 0.593. The number of quaternary nitrogens is 1. The molecule has 26 heavy (non-hydrogen) atoms. The average Bonchev–Trinajstić information content (AvgIpc) is 2.57. The lowest BCUT2D eigenvalue weighted by Crippen LogP contribution is -3.11. The first kappa shape index (κ1) is 19.1. The molecule has 0 spiro atoms. The van der Waals surface area contributed by atoms with Gasteiger partial charge in [-0.15, -0.1) is 0 Å². The molecule has 7 nitrogen and oxygen atoms in total. The van der Waals surface area contributed by atoms with Crippen molar-refractivity contribution in [2.24, 2.45) is 5.73 Å². The van der Waals surface area contributed by atoms with Gasteiger partial charge in [0, 0.05) is 11.3 Å². The van der Waals surface area contributed by atoms with Gasteiger partial charge in [-0.3, -0.25) is 14.9 Å². The van der Waals surface area contributed by atoms with Crippen molar-refractivity contribution in [3.05, 3.63) is 66.0 Å². The van der Waals surface area contributed by atoms with Gasteiger partial charge in [0.1, 0.15) is 5.82 Å². The monoisotopic (exact) mass is 359 g/mol. The van der Waals surface area contributed by atoms with E-state index in [-0.39, 0.29) is 12.5 Å². The Hall–Kier alpha value is -3.26. The number of nitrogens with two attached hydrogens (primary N) is 1. The number of hydrogen-bond acceptors (Lipinski definition) is 3. The summed E-state index contributed by atoms with van der Waals surface area (Å²) in [7, 11) is 1.66. The zero-order chi connectivity index (χ0) is 19.1. The molecule has 2 aromatic carbocycles. The maximum absolute atomic E-state index is 12.9. The van der Waals surface area contributed by atoms with E-state index in [0.717, 1.165) is 0 Å². The fourth-order valence-electron chi connectivity index (χ4n) is 2.59. The van der Waals surface area contributed by atoms with E-state index in [2.05, 4.69) is 10.6 Å². The molecule has 0 saturated heterocycles. The molecule has 2 aromatic rings. The summed E-state index contributed by atoms with van der Waals surface area (Å²) in [6.07, 6.45) is 0. The first-order chi connectivity index (χ1) is 12.4. The molecule has 2 rings (SSSR count). The summed E-state index contributed by atoms with van der Waals surface area (Å²) >= 11 is 0. The second-order valence-electron chi connectivity index (χ2n) is 5.78. The van der Waals surface area contributed by atoms with Gasteiger partial charge >= 0.3 is 6.03 Å². The van der Waals surface area contributed by atoms with Crippen molar-refractivity contribution >= 4 is 23.5 Å². The molecule has 0 saturated carbocycles. The minimum Gasteiger partial charge on any atom is -0.351 e. The predicted molar refractivity (Wildman–Crippen MR) is 93.7 cm³/mol. The van der Waals surface area contributed by atoms with E-state index < -0.39 is 23.8 Å². The molecular weight excluding hydrogens is 339 g/mol. The minimum atomic E-state index is -0.959. The molecule has 0 fully saturated rings. The topological polar surface area (TPSA) is 106 Å². The van der Waals surface area contributed by atoms with Crippen LogP contribution in [0.25, 0.3) is 0 Å². The van der Waals surface area contributed by atoms with E-state index in [0.29, 0.717) is 16.2 Å². The van der Waals surface area contributed by atoms with Crippen molar-refractivity contribution in [2.45, 2.75) is 6.04 Å².